The molecule has 38 heavy (non-hydrogen) atoms. The highest BCUT2D eigenvalue weighted by atomic mass is 35.5. The average molecular weight is 546 g/mol. The largest absolute Gasteiger partial charge is 0.493 e. The third kappa shape index (κ3) is 6.58. The molecule has 10 heteroatoms. The minimum Gasteiger partial charge on any atom is -0.493 e. The first-order valence-corrected chi connectivity index (χ1v) is 12.6. The van der Waals surface area contributed by atoms with Crippen LogP contribution in [-0.2, 0) is 9.53 Å². The van der Waals surface area contributed by atoms with Crippen molar-refractivity contribution in [1.82, 2.24) is 14.5 Å². The van der Waals surface area contributed by atoms with E-state index < -0.39 is 23.5 Å². The zero-order chi connectivity index (χ0) is 28.8. The van der Waals surface area contributed by atoms with Crippen LogP contribution in [0.4, 0.5) is 9.18 Å². The van der Waals surface area contributed by atoms with Crippen molar-refractivity contribution in [2.45, 2.75) is 61.0 Å². The molecule has 0 bridgehead atoms. The smallest absolute Gasteiger partial charge is 0.419 e. The van der Waals surface area contributed by atoms with Gasteiger partial charge >= 0.3 is 12.1 Å². The molecule has 0 unspecified atom stereocenters. The molecule has 0 spiro atoms. The maximum atomic E-state index is 14.4. The topological polar surface area (TPSA) is 92.5 Å². The van der Waals surface area contributed by atoms with Gasteiger partial charge in [0.1, 0.15) is 17.7 Å². The first kappa shape index (κ1) is 30.5. The Balaban J connectivity index is 0.00000121. The lowest BCUT2D eigenvalue weighted by molar-refractivity contribution is -0.132. The summed E-state index contributed by atoms with van der Waals surface area (Å²) in [5.74, 6) is -0.718. The van der Waals surface area contributed by atoms with Gasteiger partial charge in [-0.25, -0.2) is 19.2 Å². The van der Waals surface area contributed by atoms with E-state index >= 15 is 0 Å². The Bertz CT molecular complexity index is 1460. The second-order valence-corrected chi connectivity index (χ2v) is 8.92. The second-order valence-electron chi connectivity index (χ2n) is 8.51. The predicted molar refractivity (Wildman–Crippen MR) is 148 cm³/mol. The molecular formula is C28H33ClFN3O5. The summed E-state index contributed by atoms with van der Waals surface area (Å²) in [6, 6.07) is 5.78. The van der Waals surface area contributed by atoms with Gasteiger partial charge in [-0.05, 0) is 32.9 Å². The molecule has 2 aromatic heterocycles. The molecule has 0 N–H and O–H groups in total. The fourth-order valence-electron chi connectivity index (χ4n) is 3.54. The van der Waals surface area contributed by atoms with Crippen molar-refractivity contribution < 1.29 is 28.2 Å². The molecule has 0 fully saturated rings. The summed E-state index contributed by atoms with van der Waals surface area (Å²) in [5.41, 5.74) is 0.886. The highest BCUT2D eigenvalue weighted by Crippen LogP contribution is 2.39. The number of fused-ring (bicyclic) bond motifs is 2. The normalized spacial score (nSPS) is 10.7. The van der Waals surface area contributed by atoms with E-state index in [0.29, 0.717) is 33.3 Å². The molecule has 204 valence electrons. The molecule has 0 aliphatic heterocycles. The summed E-state index contributed by atoms with van der Waals surface area (Å²) in [5, 5.41) is 0.877. The molecule has 0 aliphatic carbocycles. The average Bonchev–Trinajstić information content (AvgIpc) is 3.22. The van der Waals surface area contributed by atoms with Crippen molar-refractivity contribution in [3.63, 3.8) is 0 Å². The third-order valence-corrected chi connectivity index (χ3v) is 5.16. The van der Waals surface area contributed by atoms with E-state index in [0.717, 1.165) is 0 Å². The number of aromatic nitrogens is 3. The number of halogens is 2. The maximum absolute atomic E-state index is 14.4. The Morgan fingerprint density at radius 1 is 0.974 bits per heavy atom. The van der Waals surface area contributed by atoms with Gasteiger partial charge in [0.2, 0.25) is 0 Å². The van der Waals surface area contributed by atoms with Crippen LogP contribution in [0.15, 0.2) is 36.8 Å². The Kier molecular flexibility index (Phi) is 10.2. The van der Waals surface area contributed by atoms with E-state index in [2.05, 4.69) is 9.97 Å². The Labute approximate surface area is 226 Å². The number of carbonyl (C=O) groups excluding carboxylic acids is 2. The third-order valence-electron chi connectivity index (χ3n) is 4.87. The number of methoxy groups -OCH3 is 1. The summed E-state index contributed by atoms with van der Waals surface area (Å²) in [6.07, 6.45) is 2.17. The van der Waals surface area contributed by atoms with E-state index in [1.54, 1.807) is 32.9 Å². The number of nitrogens with zero attached hydrogens (tertiary/aromatic N) is 3. The monoisotopic (exact) mass is 545 g/mol. The number of hydrogen-bond acceptors (Lipinski definition) is 7. The van der Waals surface area contributed by atoms with Crippen molar-refractivity contribution in [2.24, 2.45) is 0 Å². The lowest BCUT2D eigenvalue weighted by Gasteiger charge is -2.19. The maximum Gasteiger partial charge on any atom is 0.419 e. The van der Waals surface area contributed by atoms with E-state index in [4.69, 9.17) is 25.8 Å². The quantitative estimate of drug-likeness (QED) is 0.191. The molecule has 0 atom stereocenters. The molecule has 0 amide bonds. The van der Waals surface area contributed by atoms with Gasteiger partial charge in [0.25, 0.3) is 0 Å². The van der Waals surface area contributed by atoms with E-state index in [9.17, 15) is 14.0 Å². The fraction of sp³-hybridized carbons (Fsp3) is 0.357. The van der Waals surface area contributed by atoms with Crippen molar-refractivity contribution in [2.75, 3.05) is 7.11 Å². The van der Waals surface area contributed by atoms with Crippen LogP contribution in [0.3, 0.4) is 0 Å². The highest BCUT2D eigenvalue weighted by molar-refractivity contribution is 6.31. The molecule has 2 aromatic carbocycles. The van der Waals surface area contributed by atoms with Crippen molar-refractivity contribution in [1.29, 1.82) is 0 Å². The van der Waals surface area contributed by atoms with E-state index in [-0.39, 0.29) is 16.3 Å². The van der Waals surface area contributed by atoms with Gasteiger partial charge in [-0.15, -0.1) is 0 Å². The van der Waals surface area contributed by atoms with Crippen molar-refractivity contribution >= 4 is 45.5 Å². The van der Waals surface area contributed by atoms with Gasteiger partial charge in [-0.1, -0.05) is 39.3 Å². The van der Waals surface area contributed by atoms with Gasteiger partial charge in [0.15, 0.2) is 11.5 Å². The van der Waals surface area contributed by atoms with E-state index in [1.165, 1.54) is 43.3 Å². The van der Waals surface area contributed by atoms with Gasteiger partial charge in [0.05, 0.1) is 28.9 Å². The molecule has 0 saturated heterocycles. The zero-order valence-electron chi connectivity index (χ0n) is 23.1. The van der Waals surface area contributed by atoms with Crippen LogP contribution in [0.25, 0.3) is 33.1 Å². The van der Waals surface area contributed by atoms with Gasteiger partial charge in [-0.2, -0.15) is 0 Å². The van der Waals surface area contributed by atoms with Gasteiger partial charge in [-0.3, -0.25) is 9.36 Å². The Morgan fingerprint density at radius 3 is 2.21 bits per heavy atom. The zero-order valence-corrected chi connectivity index (χ0v) is 23.9. The molecule has 0 saturated carbocycles. The fourth-order valence-corrected chi connectivity index (χ4v) is 3.71. The van der Waals surface area contributed by atoms with Crippen LogP contribution in [0.5, 0.6) is 11.5 Å². The number of ether oxygens (including phenoxy) is 3. The summed E-state index contributed by atoms with van der Waals surface area (Å²) < 4.78 is 31.7. The SMILES string of the molecule is CC.CC.COc1cc2ncnc(-c3cn(C(=O)OC(C)(C)C)c4cc(F)c(Cl)cc34)c2cc1OC(C)=O. The molecule has 0 radical (unpaired) electrons. The number of esters is 1. The van der Waals surface area contributed by atoms with Crippen LogP contribution in [0.1, 0.15) is 55.4 Å². The standard InChI is InChI=1S/C24H21ClFN3O5.2C2H6/c1-12(30)33-21-7-14-18(9-20(21)32-5)27-11-28-22(14)15-10-29(23(31)34-24(2,3)4)19-8-17(26)16(25)6-13(15)19;2*1-2/h6-11H,1-5H3;2*1-2H3. The van der Waals surface area contributed by atoms with Gasteiger partial charge < -0.3 is 14.2 Å². The van der Waals surface area contributed by atoms with Crippen LogP contribution in [0, 0.1) is 5.82 Å². The summed E-state index contributed by atoms with van der Waals surface area (Å²) >= 11 is 6.08. The summed E-state index contributed by atoms with van der Waals surface area (Å²) in [6.45, 7) is 14.5. The van der Waals surface area contributed by atoms with Crippen molar-refractivity contribution in [3.05, 3.63) is 47.6 Å². The first-order chi connectivity index (χ1) is 18.0. The molecule has 4 aromatic rings. The molecule has 0 aliphatic rings. The summed E-state index contributed by atoms with van der Waals surface area (Å²) in [4.78, 5) is 33.2. The lowest BCUT2D eigenvalue weighted by Crippen LogP contribution is -2.26. The molecule has 2 heterocycles. The second kappa shape index (κ2) is 12.7. The number of rotatable bonds is 3. The minimum absolute atomic E-state index is 0.115. The Morgan fingerprint density at radius 2 is 1.63 bits per heavy atom. The molecule has 8 nitrogen and oxygen atoms in total. The van der Waals surface area contributed by atoms with Crippen LogP contribution in [-0.4, -0.2) is 39.3 Å². The number of benzene rings is 2. The van der Waals surface area contributed by atoms with Crippen molar-refractivity contribution in [3.8, 4) is 22.8 Å². The van der Waals surface area contributed by atoms with E-state index in [1.807, 2.05) is 27.7 Å². The van der Waals surface area contributed by atoms with Crippen LogP contribution >= 0.6 is 11.6 Å². The molecular weight excluding hydrogens is 513 g/mol. The number of hydrogen-bond donors (Lipinski definition) is 0. The predicted octanol–water partition coefficient (Wildman–Crippen LogP) is 7.81. The molecule has 4 rings (SSSR count). The first-order valence-electron chi connectivity index (χ1n) is 12.2. The minimum atomic E-state index is -0.768. The Hall–Kier alpha value is -3.72. The van der Waals surface area contributed by atoms with Crippen LogP contribution < -0.4 is 9.47 Å². The summed E-state index contributed by atoms with van der Waals surface area (Å²) in [7, 11) is 1.45. The highest BCUT2D eigenvalue weighted by Gasteiger charge is 2.24. The van der Waals surface area contributed by atoms with Gasteiger partial charge in [0, 0.05) is 41.6 Å². The lowest BCUT2D eigenvalue weighted by atomic mass is 10.0. The van der Waals surface area contributed by atoms with Crippen LogP contribution in [0.2, 0.25) is 5.02 Å². The number of carbonyl (C=O) groups is 2.